The molecule has 0 radical (unpaired) electrons. The largest absolute Gasteiger partial charge is 0.392 e. The second-order valence-corrected chi connectivity index (χ2v) is 3.83. The minimum Gasteiger partial charge on any atom is -0.392 e. The molecule has 0 saturated carbocycles. The van der Waals surface area contributed by atoms with E-state index >= 15 is 0 Å². The molecule has 1 fully saturated rings. The van der Waals surface area contributed by atoms with Gasteiger partial charge in [0.15, 0.2) is 5.82 Å². The topological polar surface area (TPSA) is 77.6 Å². The van der Waals surface area contributed by atoms with Gasteiger partial charge >= 0.3 is 0 Å². The van der Waals surface area contributed by atoms with Crippen molar-refractivity contribution in [2.45, 2.75) is 24.9 Å². The predicted octanol–water partition coefficient (Wildman–Crippen LogP) is 0.123. The number of hydrogen-bond donors (Lipinski definition) is 1. The van der Waals surface area contributed by atoms with Gasteiger partial charge in [-0.1, -0.05) is 5.16 Å². The molecule has 1 aromatic heterocycles. The molecule has 6 heteroatoms. The molecule has 1 aliphatic rings. The number of methoxy groups -OCH3 is 1. The maximum absolute atomic E-state index is 9.78. The molecule has 1 aliphatic heterocycles. The molecule has 2 unspecified atom stereocenters. The van der Waals surface area contributed by atoms with E-state index in [1.807, 2.05) is 0 Å². The molecule has 0 aliphatic carbocycles. The van der Waals surface area contributed by atoms with Crippen LogP contribution in [0, 0.1) is 0 Å². The van der Waals surface area contributed by atoms with Crippen LogP contribution in [0.15, 0.2) is 4.52 Å². The molecule has 2 heterocycles. The number of hydrogen-bond acceptors (Lipinski definition) is 6. The number of aromatic nitrogens is 2. The fourth-order valence-electron chi connectivity index (χ4n) is 1.68. The zero-order valence-electron chi connectivity index (χ0n) is 9.26. The van der Waals surface area contributed by atoms with Crippen molar-refractivity contribution in [3.05, 3.63) is 11.7 Å². The molecule has 0 bridgehead atoms. The Morgan fingerprint density at radius 3 is 3.19 bits per heavy atom. The first kappa shape index (κ1) is 11.5. The second kappa shape index (κ2) is 5.38. The van der Waals surface area contributed by atoms with Crippen LogP contribution in [-0.4, -0.2) is 48.3 Å². The third kappa shape index (κ3) is 2.58. The number of aliphatic hydroxyl groups is 1. The lowest BCUT2D eigenvalue weighted by Gasteiger charge is -2.24. The van der Waals surface area contributed by atoms with E-state index < -0.39 is 6.10 Å². The quantitative estimate of drug-likeness (QED) is 0.788. The zero-order valence-corrected chi connectivity index (χ0v) is 9.26. The fourth-order valence-corrected chi connectivity index (χ4v) is 1.68. The van der Waals surface area contributed by atoms with Crippen molar-refractivity contribution in [1.82, 2.24) is 10.1 Å². The standard InChI is InChI=1S/C10H16N2O4/c1-14-4-3-9-11-10(16-12-9)7-6-15-5-2-8(7)13/h7-8,13H,2-6H2,1H3. The van der Waals surface area contributed by atoms with Crippen LogP contribution in [0.5, 0.6) is 0 Å². The number of rotatable bonds is 4. The first-order valence-corrected chi connectivity index (χ1v) is 5.38. The van der Waals surface area contributed by atoms with Crippen molar-refractivity contribution in [1.29, 1.82) is 0 Å². The SMILES string of the molecule is COCCc1noc(C2COCCC2O)n1. The summed E-state index contributed by atoms with van der Waals surface area (Å²) in [5.74, 6) is 0.866. The Labute approximate surface area is 93.6 Å². The number of nitrogens with zero attached hydrogens (tertiary/aromatic N) is 2. The molecule has 0 amide bonds. The van der Waals surface area contributed by atoms with Crippen molar-refractivity contribution in [2.24, 2.45) is 0 Å². The van der Waals surface area contributed by atoms with Gasteiger partial charge in [-0.05, 0) is 6.42 Å². The molecule has 1 N–H and O–H groups in total. The molecular formula is C10H16N2O4. The summed E-state index contributed by atoms with van der Waals surface area (Å²) in [7, 11) is 1.62. The maximum atomic E-state index is 9.78. The number of aliphatic hydroxyl groups excluding tert-OH is 1. The monoisotopic (exact) mass is 228 g/mol. The third-order valence-electron chi connectivity index (χ3n) is 2.65. The third-order valence-corrected chi connectivity index (χ3v) is 2.65. The highest BCUT2D eigenvalue weighted by Gasteiger charge is 2.30. The first-order chi connectivity index (χ1) is 7.81. The van der Waals surface area contributed by atoms with Crippen LogP contribution in [0.25, 0.3) is 0 Å². The summed E-state index contributed by atoms with van der Waals surface area (Å²) < 4.78 is 15.3. The van der Waals surface area contributed by atoms with Crippen molar-refractivity contribution < 1.29 is 19.1 Å². The van der Waals surface area contributed by atoms with Crippen LogP contribution in [0.1, 0.15) is 24.1 Å². The summed E-state index contributed by atoms with van der Waals surface area (Å²) in [6.07, 6.45) is 0.772. The van der Waals surface area contributed by atoms with E-state index in [9.17, 15) is 5.11 Å². The van der Waals surface area contributed by atoms with E-state index in [4.69, 9.17) is 14.0 Å². The molecule has 0 aromatic carbocycles. The Hall–Kier alpha value is -0.980. The highest BCUT2D eigenvalue weighted by atomic mass is 16.5. The number of ether oxygens (including phenoxy) is 2. The van der Waals surface area contributed by atoms with Crippen LogP contribution in [0.4, 0.5) is 0 Å². The Kier molecular flexibility index (Phi) is 3.87. The van der Waals surface area contributed by atoms with Gasteiger partial charge < -0.3 is 19.1 Å². The minimum absolute atomic E-state index is 0.197. The fraction of sp³-hybridized carbons (Fsp3) is 0.800. The Morgan fingerprint density at radius 2 is 2.44 bits per heavy atom. The normalized spacial score (nSPS) is 25.9. The average molecular weight is 228 g/mol. The smallest absolute Gasteiger partial charge is 0.234 e. The van der Waals surface area contributed by atoms with Crippen LogP contribution in [-0.2, 0) is 15.9 Å². The van der Waals surface area contributed by atoms with Crippen molar-refractivity contribution in [3.63, 3.8) is 0 Å². The molecular weight excluding hydrogens is 212 g/mol. The van der Waals surface area contributed by atoms with Gasteiger partial charge in [-0.3, -0.25) is 0 Å². The summed E-state index contributed by atoms with van der Waals surface area (Å²) in [6.45, 7) is 1.58. The maximum Gasteiger partial charge on any atom is 0.234 e. The van der Waals surface area contributed by atoms with Crippen LogP contribution >= 0.6 is 0 Å². The Bertz CT molecular complexity index is 328. The molecule has 16 heavy (non-hydrogen) atoms. The van der Waals surface area contributed by atoms with Crippen molar-refractivity contribution in [2.75, 3.05) is 26.9 Å². The van der Waals surface area contributed by atoms with E-state index in [0.717, 1.165) is 0 Å². The highest BCUT2D eigenvalue weighted by Crippen LogP contribution is 2.24. The van der Waals surface area contributed by atoms with Crippen LogP contribution in [0.3, 0.4) is 0 Å². The molecule has 0 spiro atoms. The molecule has 2 atom stereocenters. The van der Waals surface area contributed by atoms with Crippen molar-refractivity contribution >= 4 is 0 Å². The highest BCUT2D eigenvalue weighted by molar-refractivity contribution is 4.99. The lowest BCUT2D eigenvalue weighted by atomic mass is 9.99. The van der Waals surface area contributed by atoms with Gasteiger partial charge in [0.1, 0.15) is 0 Å². The minimum atomic E-state index is -0.454. The summed E-state index contributed by atoms with van der Waals surface area (Å²) in [5.41, 5.74) is 0. The van der Waals surface area contributed by atoms with Gasteiger partial charge in [0.25, 0.3) is 0 Å². The van der Waals surface area contributed by atoms with E-state index in [-0.39, 0.29) is 5.92 Å². The van der Waals surface area contributed by atoms with Crippen LogP contribution in [0.2, 0.25) is 0 Å². The molecule has 2 rings (SSSR count). The first-order valence-electron chi connectivity index (χ1n) is 5.38. The summed E-state index contributed by atoms with van der Waals surface area (Å²) >= 11 is 0. The molecule has 90 valence electrons. The molecule has 6 nitrogen and oxygen atoms in total. The van der Waals surface area contributed by atoms with Gasteiger partial charge in [-0.15, -0.1) is 0 Å². The van der Waals surface area contributed by atoms with Gasteiger partial charge in [-0.25, -0.2) is 0 Å². The summed E-state index contributed by atoms with van der Waals surface area (Å²) in [6, 6.07) is 0. The van der Waals surface area contributed by atoms with Gasteiger partial charge in [0.05, 0.1) is 25.2 Å². The lowest BCUT2D eigenvalue weighted by molar-refractivity contribution is -0.0149. The molecule has 1 saturated heterocycles. The predicted molar refractivity (Wildman–Crippen MR) is 54.1 cm³/mol. The summed E-state index contributed by atoms with van der Waals surface area (Å²) in [4.78, 5) is 4.22. The summed E-state index contributed by atoms with van der Waals surface area (Å²) in [5, 5.41) is 13.6. The van der Waals surface area contributed by atoms with E-state index in [2.05, 4.69) is 10.1 Å². The van der Waals surface area contributed by atoms with E-state index in [0.29, 0.717) is 44.4 Å². The van der Waals surface area contributed by atoms with E-state index in [1.165, 1.54) is 0 Å². The van der Waals surface area contributed by atoms with Gasteiger partial charge in [-0.2, -0.15) is 4.98 Å². The van der Waals surface area contributed by atoms with Crippen molar-refractivity contribution in [3.8, 4) is 0 Å². The van der Waals surface area contributed by atoms with Crippen LogP contribution < -0.4 is 0 Å². The zero-order chi connectivity index (χ0) is 11.4. The van der Waals surface area contributed by atoms with Gasteiger partial charge in [0.2, 0.25) is 5.89 Å². The average Bonchev–Trinajstić information content (AvgIpc) is 2.75. The van der Waals surface area contributed by atoms with E-state index in [1.54, 1.807) is 7.11 Å². The lowest BCUT2D eigenvalue weighted by Crippen LogP contribution is -2.30. The Balaban J connectivity index is 1.99. The Morgan fingerprint density at radius 1 is 1.56 bits per heavy atom. The van der Waals surface area contributed by atoms with Gasteiger partial charge in [0, 0.05) is 20.1 Å². The second-order valence-electron chi connectivity index (χ2n) is 3.83. The molecule has 1 aromatic rings.